The third-order valence-electron chi connectivity index (χ3n) is 6.57. The summed E-state index contributed by atoms with van der Waals surface area (Å²) in [5.41, 5.74) is 3.35. The van der Waals surface area contributed by atoms with Crippen molar-refractivity contribution >= 4 is 28.5 Å². The van der Waals surface area contributed by atoms with E-state index in [9.17, 15) is 18.8 Å². The van der Waals surface area contributed by atoms with Gasteiger partial charge in [0.05, 0.1) is 28.5 Å². The monoisotopic (exact) mass is 454 g/mol. The van der Waals surface area contributed by atoms with Gasteiger partial charge in [-0.3, -0.25) is 19.4 Å². The van der Waals surface area contributed by atoms with Crippen molar-refractivity contribution in [1.29, 1.82) is 0 Å². The van der Waals surface area contributed by atoms with Crippen molar-refractivity contribution in [1.82, 2.24) is 19.8 Å². The van der Waals surface area contributed by atoms with E-state index in [1.807, 2.05) is 18.2 Å². The molecule has 8 heteroatoms. The number of halogens is 1. The lowest BCUT2D eigenvalue weighted by Crippen LogP contribution is -2.56. The van der Waals surface area contributed by atoms with Gasteiger partial charge in [-0.25, -0.2) is 4.39 Å². The number of piperazine rings is 1. The number of carbonyl (C=O) groups is 3. The number of benzene rings is 2. The third kappa shape index (κ3) is 3.02. The van der Waals surface area contributed by atoms with E-state index in [1.165, 1.54) is 12.1 Å². The van der Waals surface area contributed by atoms with E-state index < -0.39 is 17.7 Å². The van der Waals surface area contributed by atoms with Crippen molar-refractivity contribution < 1.29 is 18.8 Å². The summed E-state index contributed by atoms with van der Waals surface area (Å²) in [6.07, 6.45) is 1.57. The number of nitrogens with one attached hydrogen (secondary N) is 1. The molecule has 1 atom stereocenters. The van der Waals surface area contributed by atoms with Gasteiger partial charge < -0.3 is 14.8 Å². The number of nitrogens with zero attached hydrogens (tertiary/aromatic N) is 3. The van der Waals surface area contributed by atoms with Gasteiger partial charge in [-0.1, -0.05) is 18.2 Å². The highest BCUT2D eigenvalue weighted by atomic mass is 19.1. The second-order valence-corrected chi connectivity index (χ2v) is 8.46. The molecule has 168 valence electrons. The minimum Gasteiger partial charge on any atom is -0.354 e. The molecule has 2 aliphatic heterocycles. The van der Waals surface area contributed by atoms with Crippen LogP contribution in [0.3, 0.4) is 0 Å². The number of aromatic nitrogens is 2. The van der Waals surface area contributed by atoms with Crippen LogP contribution in [0.1, 0.15) is 32.5 Å². The first-order chi connectivity index (χ1) is 16.5. The first-order valence-corrected chi connectivity index (χ1v) is 11.0. The van der Waals surface area contributed by atoms with Crippen molar-refractivity contribution in [2.75, 3.05) is 19.6 Å². The molecule has 34 heavy (non-hydrogen) atoms. The van der Waals surface area contributed by atoms with Crippen molar-refractivity contribution in [3.8, 4) is 11.3 Å². The zero-order chi connectivity index (χ0) is 23.4. The fraction of sp³-hybridized carbons (Fsp3) is 0.154. The van der Waals surface area contributed by atoms with Gasteiger partial charge in [0.1, 0.15) is 5.82 Å². The van der Waals surface area contributed by atoms with Crippen molar-refractivity contribution in [3.63, 3.8) is 0 Å². The van der Waals surface area contributed by atoms with E-state index in [4.69, 9.17) is 0 Å². The maximum atomic E-state index is 13.5. The summed E-state index contributed by atoms with van der Waals surface area (Å²) in [6.45, 7) is 0.888. The third-order valence-corrected chi connectivity index (χ3v) is 6.57. The number of fused-ring (bicyclic) bond motifs is 5. The summed E-state index contributed by atoms with van der Waals surface area (Å²) in [6, 6.07) is 16.2. The van der Waals surface area contributed by atoms with E-state index in [0.29, 0.717) is 45.5 Å². The molecule has 2 aromatic carbocycles. The Balaban J connectivity index is 1.45. The van der Waals surface area contributed by atoms with Gasteiger partial charge in [0.2, 0.25) is 0 Å². The zero-order valence-corrected chi connectivity index (χ0v) is 18.0. The molecule has 4 heterocycles. The van der Waals surface area contributed by atoms with E-state index in [2.05, 4.69) is 9.97 Å². The Morgan fingerprint density at radius 1 is 1.00 bits per heavy atom. The number of ketones is 1. The Morgan fingerprint density at radius 3 is 2.53 bits per heavy atom. The van der Waals surface area contributed by atoms with Gasteiger partial charge in [-0.15, -0.1) is 0 Å². The number of pyridine rings is 1. The van der Waals surface area contributed by atoms with Crippen LogP contribution in [-0.2, 0) is 4.79 Å². The molecule has 2 aromatic heterocycles. The van der Waals surface area contributed by atoms with Crippen LogP contribution in [0, 0.1) is 5.82 Å². The van der Waals surface area contributed by atoms with Crippen molar-refractivity contribution in [3.05, 3.63) is 89.5 Å². The number of hydrogen-bond acceptors (Lipinski definition) is 4. The van der Waals surface area contributed by atoms with Gasteiger partial charge in [-0.2, -0.15) is 0 Å². The number of carbonyl (C=O) groups excluding carboxylic acids is 3. The summed E-state index contributed by atoms with van der Waals surface area (Å²) in [5.74, 6) is -1.61. The van der Waals surface area contributed by atoms with Crippen molar-refractivity contribution in [2.24, 2.45) is 0 Å². The molecule has 0 saturated carbocycles. The number of Topliss-reactive ketones (excluding diaryl/α,β-unsaturated/α-hetero) is 1. The predicted octanol–water partition coefficient (Wildman–Crippen LogP) is 3.59. The van der Waals surface area contributed by atoms with Gasteiger partial charge >= 0.3 is 0 Å². The zero-order valence-electron chi connectivity index (χ0n) is 18.0. The molecule has 2 amide bonds. The molecule has 0 bridgehead atoms. The van der Waals surface area contributed by atoms with Crippen LogP contribution >= 0.6 is 0 Å². The molecule has 0 radical (unpaired) electrons. The molecule has 2 aliphatic rings. The molecular weight excluding hydrogens is 435 g/mol. The molecule has 0 aliphatic carbocycles. The lowest BCUT2D eigenvalue weighted by atomic mass is 9.93. The topological polar surface area (TPSA) is 86.4 Å². The van der Waals surface area contributed by atoms with Crippen LogP contribution in [0.2, 0.25) is 0 Å². The first-order valence-electron chi connectivity index (χ1n) is 11.0. The molecule has 1 N–H and O–H groups in total. The number of rotatable bonds is 2. The lowest BCUT2D eigenvalue weighted by molar-refractivity contribution is -0.131. The highest BCUT2D eigenvalue weighted by Crippen LogP contribution is 2.39. The highest BCUT2D eigenvalue weighted by Gasteiger charge is 2.44. The molecule has 0 spiro atoms. The van der Waals surface area contributed by atoms with E-state index in [-0.39, 0.29) is 24.8 Å². The normalized spacial score (nSPS) is 17.6. The summed E-state index contributed by atoms with van der Waals surface area (Å²) < 4.78 is 13.5. The SMILES string of the molecule is O=C1C(=O)N2CCN(C(=O)c3ccccc3)C[C@H]2c2[nH]c3c(-c4ccc(F)cc4)nccc3c21. The quantitative estimate of drug-likeness (QED) is 0.469. The van der Waals surface area contributed by atoms with Gasteiger partial charge in [0, 0.05) is 42.3 Å². The largest absolute Gasteiger partial charge is 0.354 e. The average Bonchev–Trinajstić information content (AvgIpc) is 3.28. The molecule has 6 rings (SSSR count). The second kappa shape index (κ2) is 7.62. The first kappa shape index (κ1) is 20.3. The Hall–Kier alpha value is -4.33. The molecule has 0 unspecified atom stereocenters. The Bertz CT molecular complexity index is 1460. The van der Waals surface area contributed by atoms with Crippen molar-refractivity contribution in [2.45, 2.75) is 6.04 Å². The van der Waals surface area contributed by atoms with Crippen LogP contribution < -0.4 is 0 Å². The van der Waals surface area contributed by atoms with Crippen LogP contribution in [0.5, 0.6) is 0 Å². The number of aromatic amines is 1. The summed E-state index contributed by atoms with van der Waals surface area (Å²) >= 11 is 0. The Kier molecular flexibility index (Phi) is 4.55. The predicted molar refractivity (Wildman–Crippen MR) is 123 cm³/mol. The summed E-state index contributed by atoms with van der Waals surface area (Å²) in [7, 11) is 0. The lowest BCUT2D eigenvalue weighted by Gasteiger charge is -2.43. The summed E-state index contributed by atoms with van der Waals surface area (Å²) in [4.78, 5) is 50.2. The standard InChI is InChI=1S/C26H19FN4O3/c27-17-8-6-15(7-9-17)21-22-18(10-11-28-21)20-23(29-22)19-14-30(12-13-31(19)26(34)24(20)32)25(33)16-4-2-1-3-5-16/h1-11,19,29H,12-14H2/t19-/m0/s1. The fourth-order valence-corrected chi connectivity index (χ4v) is 4.92. The van der Waals surface area contributed by atoms with Gasteiger partial charge in [-0.05, 0) is 42.5 Å². The molecule has 7 nitrogen and oxygen atoms in total. The highest BCUT2D eigenvalue weighted by molar-refractivity contribution is 6.46. The van der Waals surface area contributed by atoms with Gasteiger partial charge in [0.15, 0.2) is 0 Å². The second-order valence-electron chi connectivity index (χ2n) is 8.46. The van der Waals surface area contributed by atoms with E-state index >= 15 is 0 Å². The smallest absolute Gasteiger partial charge is 0.295 e. The minimum absolute atomic E-state index is 0.115. The molecule has 1 saturated heterocycles. The molecule has 1 fully saturated rings. The van der Waals surface area contributed by atoms with Crippen LogP contribution in [0.4, 0.5) is 4.39 Å². The Labute approximate surface area is 193 Å². The van der Waals surface area contributed by atoms with E-state index in [1.54, 1.807) is 46.3 Å². The molecular formula is C26H19FN4O3. The summed E-state index contributed by atoms with van der Waals surface area (Å²) in [5, 5.41) is 0.592. The molecule has 4 aromatic rings. The Morgan fingerprint density at radius 2 is 1.76 bits per heavy atom. The number of amides is 2. The van der Waals surface area contributed by atoms with E-state index in [0.717, 1.165) is 0 Å². The minimum atomic E-state index is -0.573. The fourth-order valence-electron chi connectivity index (χ4n) is 4.92. The maximum Gasteiger partial charge on any atom is 0.295 e. The maximum absolute atomic E-state index is 13.5. The van der Waals surface area contributed by atoms with Crippen LogP contribution in [0.15, 0.2) is 66.9 Å². The van der Waals surface area contributed by atoms with Gasteiger partial charge in [0.25, 0.3) is 17.6 Å². The van der Waals surface area contributed by atoms with Crippen LogP contribution in [-0.4, -0.2) is 57.0 Å². The number of H-pyrrole nitrogens is 1. The number of hydrogen-bond donors (Lipinski definition) is 1. The van der Waals surface area contributed by atoms with Crippen LogP contribution in [0.25, 0.3) is 22.2 Å². The average molecular weight is 454 g/mol.